The van der Waals surface area contributed by atoms with Crippen LogP contribution < -0.4 is 16.0 Å². The highest BCUT2D eigenvalue weighted by molar-refractivity contribution is 6.01. The van der Waals surface area contributed by atoms with Gasteiger partial charge in [0, 0.05) is 24.3 Å². The summed E-state index contributed by atoms with van der Waals surface area (Å²) in [5, 5.41) is 9.10. The van der Waals surface area contributed by atoms with Gasteiger partial charge in [-0.2, -0.15) is 0 Å². The molecule has 2 aliphatic rings. The number of carbonyl (C=O) groups is 2. The fourth-order valence-electron chi connectivity index (χ4n) is 4.16. The van der Waals surface area contributed by atoms with Gasteiger partial charge in [-0.15, -0.1) is 0 Å². The van der Waals surface area contributed by atoms with Crippen LogP contribution in [0.15, 0.2) is 24.3 Å². The summed E-state index contributed by atoms with van der Waals surface area (Å²) in [4.78, 5) is 25.8. The maximum atomic E-state index is 11.9. The molecule has 1 unspecified atom stereocenters. The van der Waals surface area contributed by atoms with Crippen LogP contribution in [0.3, 0.4) is 0 Å². The van der Waals surface area contributed by atoms with Crippen molar-refractivity contribution in [2.24, 2.45) is 0 Å². The van der Waals surface area contributed by atoms with Gasteiger partial charge >= 0.3 is 0 Å². The predicted molar refractivity (Wildman–Crippen MR) is 118 cm³/mol. The molecule has 2 amide bonds. The third-order valence-electron chi connectivity index (χ3n) is 5.87. The maximum Gasteiger partial charge on any atom is 0.249 e. The van der Waals surface area contributed by atoms with E-state index in [2.05, 4.69) is 20.9 Å². The number of unbranched alkanes of at least 4 members (excludes halogenated alkanes) is 4. The number of nitrogens with zero attached hydrogens (tertiary/aromatic N) is 1. The number of nitrogens with one attached hydrogen (secondary N) is 3. The predicted octanol–water partition coefficient (Wildman–Crippen LogP) is 3.75. The zero-order valence-electron chi connectivity index (χ0n) is 17.5. The first-order valence-corrected chi connectivity index (χ1v) is 11.4. The largest absolute Gasteiger partial charge is 0.385 e. The van der Waals surface area contributed by atoms with Gasteiger partial charge < -0.3 is 15.5 Å². The van der Waals surface area contributed by atoms with E-state index in [0.29, 0.717) is 12.8 Å². The molecule has 3 rings (SSSR count). The molecule has 1 aromatic rings. The number of hydrogen-bond acceptors (Lipinski definition) is 5. The number of amides is 2. The summed E-state index contributed by atoms with van der Waals surface area (Å²) in [6.45, 7) is 4.86. The van der Waals surface area contributed by atoms with Crippen LogP contribution in [-0.2, 0) is 9.59 Å². The van der Waals surface area contributed by atoms with Crippen LogP contribution in [0.4, 0.5) is 11.4 Å². The highest BCUT2D eigenvalue weighted by Gasteiger charge is 2.26. The minimum atomic E-state index is -0.340. The highest BCUT2D eigenvalue weighted by atomic mass is 16.2. The number of benzene rings is 1. The third-order valence-corrected chi connectivity index (χ3v) is 5.87. The lowest BCUT2D eigenvalue weighted by molar-refractivity contribution is -0.133. The molecule has 0 spiro atoms. The molecule has 29 heavy (non-hydrogen) atoms. The molecule has 2 fully saturated rings. The van der Waals surface area contributed by atoms with Crippen molar-refractivity contribution >= 4 is 23.2 Å². The molecule has 1 aromatic carbocycles. The number of carbonyl (C=O) groups excluding carboxylic acids is 2. The van der Waals surface area contributed by atoms with Crippen LogP contribution in [0, 0.1) is 0 Å². The average molecular weight is 401 g/mol. The van der Waals surface area contributed by atoms with E-state index in [4.69, 9.17) is 0 Å². The molecule has 0 aliphatic carbocycles. The van der Waals surface area contributed by atoms with Crippen LogP contribution in [0.25, 0.3) is 0 Å². The number of rotatable bonds is 11. The second-order valence-corrected chi connectivity index (χ2v) is 8.33. The summed E-state index contributed by atoms with van der Waals surface area (Å²) >= 11 is 0. The maximum absolute atomic E-state index is 11.9. The van der Waals surface area contributed by atoms with Gasteiger partial charge in [-0.25, -0.2) is 0 Å². The fraction of sp³-hybridized carbons (Fsp3) is 0.652. The number of imide groups is 1. The third kappa shape index (κ3) is 7.69. The van der Waals surface area contributed by atoms with Gasteiger partial charge in [0.2, 0.25) is 11.8 Å². The number of anilines is 2. The summed E-state index contributed by atoms with van der Waals surface area (Å²) in [7, 11) is 0. The monoisotopic (exact) mass is 400 g/mol. The topological polar surface area (TPSA) is 73.5 Å². The summed E-state index contributed by atoms with van der Waals surface area (Å²) in [5.74, 6) is -0.421. The lowest BCUT2D eigenvalue weighted by atomic mass is 10.1. The van der Waals surface area contributed by atoms with Crippen LogP contribution in [0.5, 0.6) is 0 Å². The molecular weight excluding hydrogens is 364 g/mol. The molecule has 2 heterocycles. The van der Waals surface area contributed by atoms with E-state index < -0.39 is 0 Å². The van der Waals surface area contributed by atoms with Crippen molar-refractivity contribution in [1.29, 1.82) is 0 Å². The molecule has 0 bridgehead atoms. The fourth-order valence-corrected chi connectivity index (χ4v) is 4.16. The van der Waals surface area contributed by atoms with Gasteiger partial charge in [-0.3, -0.25) is 14.9 Å². The van der Waals surface area contributed by atoms with Crippen molar-refractivity contribution in [1.82, 2.24) is 10.2 Å². The normalized spacial score (nSPS) is 20.3. The summed E-state index contributed by atoms with van der Waals surface area (Å²) < 4.78 is 0. The van der Waals surface area contributed by atoms with E-state index in [9.17, 15) is 9.59 Å². The first-order chi connectivity index (χ1) is 14.2. The molecular formula is C23H36N4O2. The molecule has 6 nitrogen and oxygen atoms in total. The van der Waals surface area contributed by atoms with E-state index in [1.807, 2.05) is 24.3 Å². The van der Waals surface area contributed by atoms with Crippen molar-refractivity contribution in [3.8, 4) is 0 Å². The Balaban J connectivity index is 1.26. The lowest BCUT2D eigenvalue weighted by Gasteiger charge is -2.26. The smallest absolute Gasteiger partial charge is 0.249 e. The van der Waals surface area contributed by atoms with Crippen LogP contribution in [0.2, 0.25) is 0 Å². The SMILES string of the molecule is O=C1CCC(Nc2cccc(NCCCCCCCN3CCCCC3)c2)C(=O)N1. The Hall–Kier alpha value is -2.08. The Morgan fingerprint density at radius 2 is 1.72 bits per heavy atom. The minimum Gasteiger partial charge on any atom is -0.385 e. The first-order valence-electron chi connectivity index (χ1n) is 11.4. The molecule has 1 atom stereocenters. The van der Waals surface area contributed by atoms with Gasteiger partial charge in [0.1, 0.15) is 6.04 Å². The van der Waals surface area contributed by atoms with Crippen LogP contribution in [-0.4, -0.2) is 48.9 Å². The van der Waals surface area contributed by atoms with Gasteiger partial charge in [-0.05, 0) is 69.9 Å². The summed E-state index contributed by atoms with van der Waals surface area (Å²) in [6, 6.07) is 7.68. The first kappa shape index (κ1) is 21.6. The van der Waals surface area contributed by atoms with Crippen molar-refractivity contribution in [2.45, 2.75) is 70.3 Å². The second kappa shape index (κ2) is 11.8. The molecule has 6 heteroatoms. The molecule has 3 N–H and O–H groups in total. The van der Waals surface area contributed by atoms with E-state index in [1.54, 1.807) is 0 Å². The van der Waals surface area contributed by atoms with Crippen molar-refractivity contribution < 1.29 is 9.59 Å². The Morgan fingerprint density at radius 3 is 2.55 bits per heavy atom. The van der Waals surface area contributed by atoms with E-state index in [-0.39, 0.29) is 17.9 Å². The zero-order valence-corrected chi connectivity index (χ0v) is 17.5. The van der Waals surface area contributed by atoms with Crippen LogP contribution in [0.1, 0.15) is 64.2 Å². The Morgan fingerprint density at radius 1 is 0.966 bits per heavy atom. The molecule has 0 aromatic heterocycles. The van der Waals surface area contributed by atoms with Gasteiger partial charge in [0.15, 0.2) is 0 Å². The number of likely N-dealkylation sites (tertiary alicyclic amines) is 1. The van der Waals surface area contributed by atoms with E-state index in [1.165, 1.54) is 71.0 Å². The van der Waals surface area contributed by atoms with Crippen molar-refractivity contribution in [2.75, 3.05) is 36.8 Å². The summed E-state index contributed by atoms with van der Waals surface area (Å²) in [5.41, 5.74) is 1.97. The van der Waals surface area contributed by atoms with E-state index in [0.717, 1.165) is 17.9 Å². The van der Waals surface area contributed by atoms with Crippen molar-refractivity contribution in [3.63, 3.8) is 0 Å². The Labute approximate surface area is 174 Å². The highest BCUT2D eigenvalue weighted by Crippen LogP contribution is 2.18. The van der Waals surface area contributed by atoms with Gasteiger partial charge in [-0.1, -0.05) is 31.7 Å². The second-order valence-electron chi connectivity index (χ2n) is 8.33. The van der Waals surface area contributed by atoms with Crippen LogP contribution >= 0.6 is 0 Å². The molecule has 2 aliphatic heterocycles. The molecule has 160 valence electrons. The number of hydrogen-bond donors (Lipinski definition) is 3. The average Bonchev–Trinajstić information content (AvgIpc) is 2.73. The molecule has 0 radical (unpaired) electrons. The van der Waals surface area contributed by atoms with Gasteiger partial charge in [0.25, 0.3) is 0 Å². The quantitative estimate of drug-likeness (QED) is 0.390. The minimum absolute atomic E-state index is 0.185. The molecule has 0 saturated carbocycles. The lowest BCUT2D eigenvalue weighted by Crippen LogP contribution is -2.47. The van der Waals surface area contributed by atoms with Crippen molar-refractivity contribution in [3.05, 3.63) is 24.3 Å². The number of piperidine rings is 2. The molecule has 2 saturated heterocycles. The Kier molecular flexibility index (Phi) is 8.81. The summed E-state index contributed by atoms with van der Waals surface area (Å²) in [6.07, 6.45) is 11.5. The zero-order chi connectivity index (χ0) is 20.3. The van der Waals surface area contributed by atoms with Gasteiger partial charge in [0.05, 0.1) is 0 Å². The standard InChI is InChI=1S/C23H36N4O2/c28-22-13-12-21(23(29)26-22)25-20-11-9-10-19(18-20)24-14-5-2-1-3-6-15-27-16-7-4-8-17-27/h9-11,18,21,24-25H,1-8,12-17H2,(H,26,28,29). The van der Waals surface area contributed by atoms with E-state index >= 15 is 0 Å². The Bertz CT molecular complexity index is 658.